The molecule has 3 N–H and O–H groups in total. The second-order valence-corrected chi connectivity index (χ2v) is 9.46. The van der Waals surface area contributed by atoms with Crippen LogP contribution in [0.5, 0.6) is 0 Å². The van der Waals surface area contributed by atoms with Crippen molar-refractivity contribution in [2.24, 2.45) is 11.3 Å². The molecule has 3 atom stereocenters. The molecule has 0 spiro atoms. The molecule has 1 heterocycles. The lowest BCUT2D eigenvalue weighted by Crippen LogP contribution is -2.39. The summed E-state index contributed by atoms with van der Waals surface area (Å²) in [5, 5.41) is 22.2. The SMILES string of the molecule is CC1CN(C(=O)CC(O)CNC(=O)OCC2c3ccccc3-c3ccccc32)CC1(C)C(=O)O. The largest absolute Gasteiger partial charge is 0.481 e. The van der Waals surface area contributed by atoms with Gasteiger partial charge in [0.05, 0.1) is 17.9 Å². The lowest BCUT2D eigenvalue weighted by Gasteiger charge is -2.23. The zero-order chi connectivity index (χ0) is 24.5. The summed E-state index contributed by atoms with van der Waals surface area (Å²) in [5.41, 5.74) is 3.48. The Hall–Kier alpha value is -3.39. The number of carbonyl (C=O) groups excluding carboxylic acids is 2. The Morgan fingerprint density at radius 1 is 1.12 bits per heavy atom. The Morgan fingerprint density at radius 2 is 1.71 bits per heavy atom. The highest BCUT2D eigenvalue weighted by atomic mass is 16.5. The van der Waals surface area contributed by atoms with Crippen LogP contribution in [0.25, 0.3) is 11.1 Å². The summed E-state index contributed by atoms with van der Waals surface area (Å²) in [6.07, 6.45) is -1.96. The fraction of sp³-hybridized carbons (Fsp3) is 0.423. The molecule has 8 nitrogen and oxygen atoms in total. The zero-order valence-corrected chi connectivity index (χ0v) is 19.4. The van der Waals surface area contributed by atoms with Crippen molar-refractivity contribution in [3.8, 4) is 11.1 Å². The van der Waals surface area contributed by atoms with E-state index in [1.807, 2.05) is 36.4 Å². The fourth-order valence-electron chi connectivity index (χ4n) is 4.87. The normalized spacial score (nSPS) is 22.1. The lowest BCUT2D eigenvalue weighted by atomic mass is 9.81. The smallest absolute Gasteiger partial charge is 0.407 e. The molecule has 8 heteroatoms. The average Bonchev–Trinajstić information content (AvgIpc) is 3.31. The third-order valence-corrected chi connectivity index (χ3v) is 7.18. The van der Waals surface area contributed by atoms with Crippen LogP contribution in [-0.4, -0.2) is 65.4 Å². The molecule has 2 aromatic rings. The van der Waals surface area contributed by atoms with E-state index in [2.05, 4.69) is 17.4 Å². The predicted molar refractivity (Wildman–Crippen MR) is 125 cm³/mol. The van der Waals surface area contributed by atoms with E-state index in [0.29, 0.717) is 6.54 Å². The number of aliphatic carboxylic acids is 1. The number of aliphatic hydroxyl groups is 1. The summed E-state index contributed by atoms with van der Waals surface area (Å²) in [6.45, 7) is 3.89. The molecule has 1 fully saturated rings. The summed E-state index contributed by atoms with van der Waals surface area (Å²) in [6, 6.07) is 16.1. The summed E-state index contributed by atoms with van der Waals surface area (Å²) in [5.74, 6) is -1.53. The molecule has 2 aliphatic rings. The zero-order valence-electron chi connectivity index (χ0n) is 19.4. The first-order valence-corrected chi connectivity index (χ1v) is 11.5. The molecule has 1 aliphatic carbocycles. The van der Waals surface area contributed by atoms with Gasteiger partial charge in [0.1, 0.15) is 6.61 Å². The van der Waals surface area contributed by atoms with Gasteiger partial charge in [-0.15, -0.1) is 0 Å². The average molecular weight is 467 g/mol. The minimum atomic E-state index is -1.10. The van der Waals surface area contributed by atoms with E-state index >= 15 is 0 Å². The van der Waals surface area contributed by atoms with E-state index in [1.54, 1.807) is 13.8 Å². The van der Waals surface area contributed by atoms with Crippen LogP contribution < -0.4 is 5.32 Å². The highest BCUT2D eigenvalue weighted by molar-refractivity contribution is 5.81. The van der Waals surface area contributed by atoms with E-state index in [1.165, 1.54) is 4.90 Å². The molecule has 2 aromatic carbocycles. The summed E-state index contributed by atoms with van der Waals surface area (Å²) >= 11 is 0. The maximum atomic E-state index is 12.5. The van der Waals surface area contributed by atoms with Crippen LogP contribution >= 0.6 is 0 Å². The van der Waals surface area contributed by atoms with Gasteiger partial charge in [0.15, 0.2) is 0 Å². The van der Waals surface area contributed by atoms with Crippen LogP contribution in [0.2, 0.25) is 0 Å². The molecule has 0 radical (unpaired) electrons. The minimum absolute atomic E-state index is 0.0645. The molecular weight excluding hydrogens is 436 g/mol. The summed E-state index contributed by atoms with van der Waals surface area (Å²) in [7, 11) is 0. The number of hydrogen-bond acceptors (Lipinski definition) is 5. The number of ether oxygens (including phenoxy) is 1. The van der Waals surface area contributed by atoms with Gasteiger partial charge in [-0.2, -0.15) is 0 Å². The molecule has 0 saturated carbocycles. The lowest BCUT2D eigenvalue weighted by molar-refractivity contribution is -0.149. The summed E-state index contributed by atoms with van der Waals surface area (Å²) < 4.78 is 5.44. The minimum Gasteiger partial charge on any atom is -0.481 e. The Balaban J connectivity index is 1.26. The van der Waals surface area contributed by atoms with Crippen molar-refractivity contribution >= 4 is 18.0 Å². The Bertz CT molecular complexity index is 1060. The van der Waals surface area contributed by atoms with Crippen LogP contribution in [0.1, 0.15) is 37.3 Å². The molecule has 180 valence electrons. The molecule has 4 rings (SSSR count). The number of carboxylic acids is 1. The number of nitrogens with zero attached hydrogens (tertiary/aromatic N) is 1. The van der Waals surface area contributed by atoms with Gasteiger partial charge in [0, 0.05) is 25.6 Å². The maximum Gasteiger partial charge on any atom is 0.407 e. The number of amides is 2. The van der Waals surface area contributed by atoms with Gasteiger partial charge in [0.2, 0.25) is 5.91 Å². The molecule has 1 saturated heterocycles. The first-order valence-electron chi connectivity index (χ1n) is 11.5. The Kier molecular flexibility index (Phi) is 6.61. The molecule has 34 heavy (non-hydrogen) atoms. The third kappa shape index (κ3) is 4.50. The van der Waals surface area contributed by atoms with Gasteiger partial charge in [-0.3, -0.25) is 9.59 Å². The highest BCUT2D eigenvalue weighted by Gasteiger charge is 2.47. The van der Waals surface area contributed by atoms with Crippen molar-refractivity contribution in [1.82, 2.24) is 10.2 Å². The highest BCUT2D eigenvalue weighted by Crippen LogP contribution is 2.44. The number of carboxylic acid groups (broad SMARTS) is 1. The molecule has 2 amide bonds. The number of rotatable bonds is 7. The fourth-order valence-corrected chi connectivity index (χ4v) is 4.87. The van der Waals surface area contributed by atoms with E-state index in [9.17, 15) is 24.6 Å². The maximum absolute atomic E-state index is 12.5. The monoisotopic (exact) mass is 466 g/mol. The van der Waals surface area contributed by atoms with Crippen molar-refractivity contribution in [3.05, 3.63) is 59.7 Å². The van der Waals surface area contributed by atoms with Crippen molar-refractivity contribution in [1.29, 1.82) is 0 Å². The molecule has 0 aromatic heterocycles. The second-order valence-electron chi connectivity index (χ2n) is 9.46. The van der Waals surface area contributed by atoms with Gasteiger partial charge in [-0.25, -0.2) is 4.79 Å². The molecule has 1 aliphatic heterocycles. The van der Waals surface area contributed by atoms with E-state index in [0.717, 1.165) is 22.3 Å². The first-order chi connectivity index (χ1) is 16.2. The number of alkyl carbamates (subject to hydrolysis) is 1. The first kappa shape index (κ1) is 23.8. The number of hydrogen-bond donors (Lipinski definition) is 3. The van der Waals surface area contributed by atoms with Crippen LogP contribution in [-0.2, 0) is 14.3 Å². The van der Waals surface area contributed by atoms with Crippen LogP contribution in [0.4, 0.5) is 4.79 Å². The number of carbonyl (C=O) groups is 3. The topological polar surface area (TPSA) is 116 Å². The summed E-state index contributed by atoms with van der Waals surface area (Å²) in [4.78, 5) is 37.8. The van der Waals surface area contributed by atoms with Gasteiger partial charge < -0.3 is 25.2 Å². The van der Waals surface area contributed by atoms with Crippen LogP contribution in [0.15, 0.2) is 48.5 Å². The molecule has 0 bridgehead atoms. The number of benzene rings is 2. The van der Waals surface area contributed by atoms with Gasteiger partial charge in [-0.1, -0.05) is 55.5 Å². The Labute approximate surface area is 198 Å². The number of nitrogens with one attached hydrogen (secondary N) is 1. The molecule has 3 unspecified atom stereocenters. The standard InChI is InChI=1S/C26H30N2O6/c1-16-13-28(15-26(16,2)24(31)32)23(30)11-17(29)12-27-25(33)34-14-22-20-9-5-3-7-18(20)19-8-4-6-10-21(19)22/h3-10,16-17,22,29H,11-15H2,1-2H3,(H,27,33)(H,31,32). The van der Waals surface area contributed by atoms with Crippen LogP contribution in [0.3, 0.4) is 0 Å². The van der Waals surface area contributed by atoms with Crippen molar-refractivity contribution in [3.63, 3.8) is 0 Å². The van der Waals surface area contributed by atoms with Gasteiger partial charge >= 0.3 is 12.1 Å². The van der Waals surface area contributed by atoms with Crippen molar-refractivity contribution < 1.29 is 29.3 Å². The number of fused-ring (bicyclic) bond motifs is 3. The Morgan fingerprint density at radius 3 is 2.26 bits per heavy atom. The third-order valence-electron chi connectivity index (χ3n) is 7.18. The number of aliphatic hydroxyl groups excluding tert-OH is 1. The quantitative estimate of drug-likeness (QED) is 0.578. The van der Waals surface area contributed by atoms with Gasteiger partial charge in [-0.05, 0) is 35.1 Å². The van der Waals surface area contributed by atoms with Gasteiger partial charge in [0.25, 0.3) is 0 Å². The van der Waals surface area contributed by atoms with E-state index < -0.39 is 23.6 Å². The molecular formula is C26H30N2O6. The van der Waals surface area contributed by atoms with Crippen LogP contribution in [0, 0.1) is 11.3 Å². The van der Waals surface area contributed by atoms with E-state index in [-0.39, 0.29) is 43.9 Å². The van der Waals surface area contributed by atoms with Crippen molar-refractivity contribution in [2.45, 2.75) is 32.3 Å². The second kappa shape index (κ2) is 9.46. The van der Waals surface area contributed by atoms with Crippen molar-refractivity contribution in [2.75, 3.05) is 26.2 Å². The number of likely N-dealkylation sites (tertiary alicyclic amines) is 1. The van der Waals surface area contributed by atoms with E-state index in [4.69, 9.17) is 4.74 Å². The predicted octanol–water partition coefficient (Wildman–Crippen LogP) is 2.85.